The third kappa shape index (κ3) is 1.97. The molecule has 1 aromatic heterocycles. The minimum absolute atomic E-state index is 0.276. The zero-order chi connectivity index (χ0) is 11.7. The lowest BCUT2D eigenvalue weighted by Crippen LogP contribution is -2.18. The molecule has 0 spiro atoms. The van der Waals surface area contributed by atoms with Crippen LogP contribution in [-0.4, -0.2) is 15.6 Å². The highest BCUT2D eigenvalue weighted by Crippen LogP contribution is 2.26. The average Bonchev–Trinajstić information content (AvgIpc) is 2.98. The topological polar surface area (TPSA) is 34.9 Å². The normalized spacial score (nSPS) is 16.7. The van der Waals surface area contributed by atoms with E-state index in [1.807, 2.05) is 35.1 Å². The van der Waals surface area contributed by atoms with E-state index in [0.29, 0.717) is 12.3 Å². The van der Waals surface area contributed by atoms with Crippen LogP contribution in [0.2, 0.25) is 0 Å². The molecule has 1 heterocycles. The second-order valence-corrected chi connectivity index (χ2v) is 4.81. The number of hydrogen-bond acceptors (Lipinski definition) is 2. The highest BCUT2D eigenvalue weighted by atomic mass is 16.1. The number of aromatic nitrogens is 2. The lowest BCUT2D eigenvalue weighted by molar-refractivity contribution is -0.123. The van der Waals surface area contributed by atoms with Gasteiger partial charge in [0.05, 0.1) is 11.7 Å². The number of ketones is 1. The van der Waals surface area contributed by atoms with Crippen molar-refractivity contribution < 1.29 is 4.79 Å². The Balaban J connectivity index is 1.82. The Kier molecular flexibility index (Phi) is 2.67. The van der Waals surface area contributed by atoms with Crippen molar-refractivity contribution in [2.75, 3.05) is 0 Å². The first-order valence-corrected chi connectivity index (χ1v) is 6.28. The maximum atomic E-state index is 12.1. The number of rotatable bonds is 3. The summed E-state index contributed by atoms with van der Waals surface area (Å²) in [5, 5.41) is 5.41. The second kappa shape index (κ2) is 4.32. The third-order valence-corrected chi connectivity index (χ3v) is 3.67. The van der Waals surface area contributed by atoms with Gasteiger partial charge in [-0.05, 0) is 18.9 Å². The van der Waals surface area contributed by atoms with Crippen LogP contribution in [0.3, 0.4) is 0 Å². The first-order valence-electron chi connectivity index (χ1n) is 6.28. The van der Waals surface area contributed by atoms with E-state index in [4.69, 9.17) is 0 Å². The van der Waals surface area contributed by atoms with Gasteiger partial charge in [0.15, 0.2) is 5.78 Å². The zero-order valence-corrected chi connectivity index (χ0v) is 9.80. The third-order valence-electron chi connectivity index (χ3n) is 3.67. The molecule has 3 rings (SSSR count). The van der Waals surface area contributed by atoms with Crippen LogP contribution in [0.5, 0.6) is 0 Å². The van der Waals surface area contributed by atoms with Crippen LogP contribution < -0.4 is 0 Å². The Hall–Kier alpha value is -1.64. The number of fused-ring (bicyclic) bond motifs is 1. The number of hydrogen-bond donors (Lipinski definition) is 0. The smallest absolute Gasteiger partial charge is 0.157 e. The summed E-state index contributed by atoms with van der Waals surface area (Å²) in [4.78, 5) is 12.1. The van der Waals surface area contributed by atoms with Gasteiger partial charge >= 0.3 is 0 Å². The fourth-order valence-corrected chi connectivity index (χ4v) is 2.68. The van der Waals surface area contributed by atoms with Crippen LogP contribution in [0.25, 0.3) is 10.9 Å². The predicted molar refractivity (Wildman–Crippen MR) is 66.7 cm³/mol. The molecule has 0 unspecified atom stereocenters. The summed E-state index contributed by atoms with van der Waals surface area (Å²) in [6, 6.07) is 8.02. The molecule has 0 amide bonds. The van der Waals surface area contributed by atoms with Crippen molar-refractivity contribution in [3.63, 3.8) is 0 Å². The molecule has 1 saturated carbocycles. The van der Waals surface area contributed by atoms with Crippen molar-refractivity contribution in [1.29, 1.82) is 0 Å². The van der Waals surface area contributed by atoms with Gasteiger partial charge in [-0.3, -0.25) is 9.48 Å². The minimum atomic E-state index is 0.276. The van der Waals surface area contributed by atoms with Gasteiger partial charge in [0, 0.05) is 11.3 Å². The molecule has 3 nitrogen and oxygen atoms in total. The molecule has 88 valence electrons. The van der Waals surface area contributed by atoms with E-state index in [-0.39, 0.29) is 5.92 Å². The number of carbonyl (C=O) groups excluding carboxylic acids is 1. The molecule has 0 saturated heterocycles. The van der Waals surface area contributed by atoms with Crippen molar-refractivity contribution >= 4 is 16.7 Å². The summed E-state index contributed by atoms with van der Waals surface area (Å²) in [5.41, 5.74) is 1.05. The monoisotopic (exact) mass is 228 g/mol. The molecular formula is C14H16N2O. The summed E-state index contributed by atoms with van der Waals surface area (Å²) in [5.74, 6) is 0.620. The molecule has 0 bridgehead atoms. The van der Waals surface area contributed by atoms with Crippen molar-refractivity contribution in [3.8, 4) is 0 Å². The summed E-state index contributed by atoms with van der Waals surface area (Å²) in [7, 11) is 0. The Labute approximate surface area is 100 Å². The van der Waals surface area contributed by atoms with Gasteiger partial charge < -0.3 is 0 Å². The van der Waals surface area contributed by atoms with Crippen molar-refractivity contribution in [1.82, 2.24) is 9.78 Å². The molecule has 17 heavy (non-hydrogen) atoms. The number of carbonyl (C=O) groups is 1. The fourth-order valence-electron chi connectivity index (χ4n) is 2.68. The molecule has 0 N–H and O–H groups in total. The Morgan fingerprint density at radius 3 is 2.88 bits per heavy atom. The molecule has 0 atom stereocenters. The standard InChI is InChI=1S/C14H16N2O/c17-14(11-5-1-2-6-11)10-16-13-8-4-3-7-12(13)9-15-16/h3-4,7-9,11H,1-2,5-6,10H2. The van der Waals surface area contributed by atoms with Gasteiger partial charge in [0.25, 0.3) is 0 Å². The lowest BCUT2D eigenvalue weighted by atomic mass is 10.0. The van der Waals surface area contributed by atoms with Gasteiger partial charge in [-0.2, -0.15) is 5.10 Å². The van der Waals surface area contributed by atoms with Gasteiger partial charge in [-0.15, -0.1) is 0 Å². The van der Waals surface area contributed by atoms with Crippen LogP contribution in [0.15, 0.2) is 30.5 Å². The highest BCUT2D eigenvalue weighted by Gasteiger charge is 2.23. The Bertz CT molecular complexity index is 538. The number of benzene rings is 1. The van der Waals surface area contributed by atoms with Gasteiger partial charge in [0.1, 0.15) is 6.54 Å². The fraction of sp³-hybridized carbons (Fsp3) is 0.429. The largest absolute Gasteiger partial charge is 0.297 e. The van der Waals surface area contributed by atoms with E-state index in [2.05, 4.69) is 5.10 Å². The molecular weight excluding hydrogens is 212 g/mol. The van der Waals surface area contributed by atoms with E-state index in [1.54, 1.807) is 0 Å². The molecule has 2 aromatic rings. The molecule has 3 heteroatoms. The number of para-hydroxylation sites is 1. The molecule has 1 aliphatic rings. The van der Waals surface area contributed by atoms with Crippen LogP contribution in [0, 0.1) is 5.92 Å². The maximum Gasteiger partial charge on any atom is 0.157 e. The van der Waals surface area contributed by atoms with Gasteiger partial charge in [-0.25, -0.2) is 0 Å². The zero-order valence-electron chi connectivity index (χ0n) is 9.80. The number of Topliss-reactive ketones (excluding diaryl/α,β-unsaturated/α-hetero) is 1. The van der Waals surface area contributed by atoms with Crippen molar-refractivity contribution in [2.24, 2.45) is 5.92 Å². The second-order valence-electron chi connectivity index (χ2n) is 4.81. The van der Waals surface area contributed by atoms with E-state index >= 15 is 0 Å². The van der Waals surface area contributed by atoms with Gasteiger partial charge in [-0.1, -0.05) is 31.0 Å². The molecule has 1 fully saturated rings. The van der Waals surface area contributed by atoms with Gasteiger partial charge in [0.2, 0.25) is 0 Å². The highest BCUT2D eigenvalue weighted by molar-refractivity contribution is 5.84. The predicted octanol–water partition coefficient (Wildman–Crippen LogP) is 2.80. The van der Waals surface area contributed by atoms with E-state index in [0.717, 1.165) is 23.7 Å². The molecule has 1 aliphatic carbocycles. The van der Waals surface area contributed by atoms with Crippen LogP contribution in [-0.2, 0) is 11.3 Å². The summed E-state index contributed by atoms with van der Waals surface area (Å²) in [6.07, 6.45) is 6.37. The van der Waals surface area contributed by atoms with Crippen molar-refractivity contribution in [2.45, 2.75) is 32.2 Å². The number of nitrogens with zero attached hydrogens (tertiary/aromatic N) is 2. The summed E-state index contributed by atoms with van der Waals surface area (Å²) in [6.45, 7) is 0.429. The van der Waals surface area contributed by atoms with E-state index in [9.17, 15) is 4.79 Å². The summed E-state index contributed by atoms with van der Waals surface area (Å²) >= 11 is 0. The quantitative estimate of drug-likeness (QED) is 0.809. The SMILES string of the molecule is O=C(Cn1ncc2ccccc21)C1CCCC1. The average molecular weight is 228 g/mol. The van der Waals surface area contributed by atoms with Crippen LogP contribution in [0.1, 0.15) is 25.7 Å². The first kappa shape index (κ1) is 10.5. The van der Waals surface area contributed by atoms with E-state index in [1.165, 1.54) is 12.8 Å². The Morgan fingerprint density at radius 2 is 2.06 bits per heavy atom. The first-order chi connectivity index (χ1) is 8.34. The molecule has 0 radical (unpaired) electrons. The van der Waals surface area contributed by atoms with E-state index < -0.39 is 0 Å². The Morgan fingerprint density at radius 1 is 1.29 bits per heavy atom. The maximum absolute atomic E-state index is 12.1. The summed E-state index contributed by atoms with van der Waals surface area (Å²) < 4.78 is 1.83. The molecule has 1 aromatic carbocycles. The lowest BCUT2D eigenvalue weighted by Gasteiger charge is -2.08. The van der Waals surface area contributed by atoms with Crippen molar-refractivity contribution in [3.05, 3.63) is 30.5 Å². The van der Waals surface area contributed by atoms with Crippen LogP contribution in [0.4, 0.5) is 0 Å². The molecule has 0 aliphatic heterocycles. The minimum Gasteiger partial charge on any atom is -0.297 e. The van der Waals surface area contributed by atoms with Crippen LogP contribution >= 0.6 is 0 Å².